The molecule has 0 saturated heterocycles. The highest BCUT2D eigenvalue weighted by atomic mass is 14.9. The van der Waals surface area contributed by atoms with Crippen molar-refractivity contribution < 1.29 is 0 Å². The molecular formula is C17H31N3. The lowest BCUT2D eigenvalue weighted by Crippen LogP contribution is -2.29. The Morgan fingerprint density at radius 3 is 2.10 bits per heavy atom. The number of hydrogen-bond acceptors (Lipinski definition) is 3. The average molecular weight is 277 g/mol. The van der Waals surface area contributed by atoms with Crippen LogP contribution in [0, 0.1) is 6.92 Å². The standard InChI is InChI=1S/C17H31N3/c1-4-6-8-10-16(11-9-7-5-2)20-14-17-13-18-15(3)12-19-17/h12-13,16,20H,4-11,14H2,1-3H3. The molecule has 1 aromatic rings. The molecule has 0 spiro atoms. The van der Waals surface area contributed by atoms with Gasteiger partial charge in [-0.25, -0.2) is 0 Å². The fraction of sp³-hybridized carbons (Fsp3) is 0.765. The van der Waals surface area contributed by atoms with Gasteiger partial charge in [-0.1, -0.05) is 52.4 Å². The molecule has 20 heavy (non-hydrogen) atoms. The monoisotopic (exact) mass is 277 g/mol. The SMILES string of the molecule is CCCCCC(CCCCC)NCc1cnc(C)cn1. The lowest BCUT2D eigenvalue weighted by molar-refractivity contribution is 0.415. The molecule has 3 heteroatoms. The summed E-state index contributed by atoms with van der Waals surface area (Å²) in [5.74, 6) is 0. The minimum Gasteiger partial charge on any atom is -0.308 e. The van der Waals surface area contributed by atoms with E-state index in [1.807, 2.05) is 19.3 Å². The number of unbranched alkanes of at least 4 members (excludes halogenated alkanes) is 4. The molecule has 0 atom stereocenters. The third-order valence-corrected chi connectivity index (χ3v) is 3.72. The van der Waals surface area contributed by atoms with Crippen LogP contribution in [0.4, 0.5) is 0 Å². The van der Waals surface area contributed by atoms with Gasteiger partial charge in [0.2, 0.25) is 0 Å². The Morgan fingerprint density at radius 1 is 0.950 bits per heavy atom. The van der Waals surface area contributed by atoms with Gasteiger partial charge in [0.25, 0.3) is 0 Å². The summed E-state index contributed by atoms with van der Waals surface area (Å²) in [6.45, 7) is 7.35. The number of aryl methyl sites for hydroxylation is 1. The Kier molecular flexibility index (Phi) is 9.22. The Hall–Kier alpha value is -0.960. The molecule has 114 valence electrons. The summed E-state index contributed by atoms with van der Waals surface area (Å²) >= 11 is 0. The molecule has 0 bridgehead atoms. The Morgan fingerprint density at radius 2 is 1.60 bits per heavy atom. The van der Waals surface area contributed by atoms with Gasteiger partial charge in [-0.05, 0) is 19.8 Å². The van der Waals surface area contributed by atoms with Crippen molar-refractivity contribution in [3.8, 4) is 0 Å². The highest BCUT2D eigenvalue weighted by Gasteiger charge is 2.08. The zero-order valence-corrected chi connectivity index (χ0v) is 13.5. The molecule has 0 aliphatic heterocycles. The molecule has 0 unspecified atom stereocenters. The molecule has 0 amide bonds. The number of hydrogen-bond donors (Lipinski definition) is 1. The Balaban J connectivity index is 2.35. The minimum atomic E-state index is 0.635. The molecule has 3 nitrogen and oxygen atoms in total. The van der Waals surface area contributed by atoms with Crippen molar-refractivity contribution in [2.75, 3.05) is 0 Å². The van der Waals surface area contributed by atoms with Crippen LogP contribution >= 0.6 is 0 Å². The third kappa shape index (κ3) is 7.59. The van der Waals surface area contributed by atoms with Gasteiger partial charge in [-0.2, -0.15) is 0 Å². The van der Waals surface area contributed by atoms with E-state index < -0.39 is 0 Å². The van der Waals surface area contributed by atoms with Crippen LogP contribution in [0.3, 0.4) is 0 Å². The van der Waals surface area contributed by atoms with Crippen molar-refractivity contribution in [1.29, 1.82) is 0 Å². The topological polar surface area (TPSA) is 37.8 Å². The summed E-state index contributed by atoms with van der Waals surface area (Å²) in [6.07, 6.45) is 14.3. The van der Waals surface area contributed by atoms with Crippen LogP contribution in [0.25, 0.3) is 0 Å². The first-order valence-corrected chi connectivity index (χ1v) is 8.27. The minimum absolute atomic E-state index is 0.635. The number of aromatic nitrogens is 2. The fourth-order valence-electron chi connectivity index (χ4n) is 2.39. The van der Waals surface area contributed by atoms with Crippen molar-refractivity contribution in [3.05, 3.63) is 23.8 Å². The number of nitrogens with one attached hydrogen (secondary N) is 1. The van der Waals surface area contributed by atoms with Crippen LogP contribution in [0.2, 0.25) is 0 Å². The molecule has 1 rings (SSSR count). The van der Waals surface area contributed by atoms with Crippen LogP contribution in [0.1, 0.15) is 76.6 Å². The van der Waals surface area contributed by atoms with E-state index in [9.17, 15) is 0 Å². The lowest BCUT2D eigenvalue weighted by Gasteiger charge is -2.18. The predicted molar refractivity (Wildman–Crippen MR) is 85.7 cm³/mol. The summed E-state index contributed by atoms with van der Waals surface area (Å²) in [7, 11) is 0. The van der Waals surface area contributed by atoms with E-state index in [1.54, 1.807) is 0 Å². The van der Waals surface area contributed by atoms with Crippen molar-refractivity contribution in [3.63, 3.8) is 0 Å². The Labute approximate surface area is 124 Å². The molecule has 0 radical (unpaired) electrons. The molecule has 0 aromatic carbocycles. The van der Waals surface area contributed by atoms with Gasteiger partial charge in [0.05, 0.1) is 11.4 Å². The summed E-state index contributed by atoms with van der Waals surface area (Å²) in [4.78, 5) is 8.72. The second kappa shape index (κ2) is 10.8. The van der Waals surface area contributed by atoms with Crippen molar-refractivity contribution in [2.45, 2.75) is 84.7 Å². The largest absolute Gasteiger partial charge is 0.308 e. The van der Waals surface area contributed by atoms with E-state index in [4.69, 9.17) is 0 Å². The first-order valence-electron chi connectivity index (χ1n) is 8.27. The van der Waals surface area contributed by atoms with E-state index in [2.05, 4.69) is 29.1 Å². The van der Waals surface area contributed by atoms with Gasteiger partial charge in [-0.15, -0.1) is 0 Å². The lowest BCUT2D eigenvalue weighted by atomic mass is 10.0. The molecule has 1 aromatic heterocycles. The molecule has 0 saturated carbocycles. The van der Waals surface area contributed by atoms with Gasteiger partial charge in [0.15, 0.2) is 0 Å². The average Bonchev–Trinajstić information content (AvgIpc) is 2.46. The van der Waals surface area contributed by atoms with Gasteiger partial charge in [0, 0.05) is 25.0 Å². The van der Waals surface area contributed by atoms with Gasteiger partial charge < -0.3 is 5.32 Å². The molecule has 0 aliphatic rings. The van der Waals surface area contributed by atoms with E-state index in [1.165, 1.54) is 51.4 Å². The highest BCUT2D eigenvalue weighted by molar-refractivity contribution is 5.00. The maximum absolute atomic E-state index is 4.42. The smallest absolute Gasteiger partial charge is 0.0724 e. The Bertz CT molecular complexity index is 325. The van der Waals surface area contributed by atoms with E-state index >= 15 is 0 Å². The third-order valence-electron chi connectivity index (χ3n) is 3.72. The summed E-state index contributed by atoms with van der Waals surface area (Å²) < 4.78 is 0. The molecule has 1 N–H and O–H groups in total. The van der Waals surface area contributed by atoms with Crippen LogP contribution in [-0.2, 0) is 6.54 Å². The predicted octanol–water partition coefficient (Wildman–Crippen LogP) is 4.40. The van der Waals surface area contributed by atoms with Crippen molar-refractivity contribution in [1.82, 2.24) is 15.3 Å². The van der Waals surface area contributed by atoms with Crippen LogP contribution < -0.4 is 5.32 Å². The van der Waals surface area contributed by atoms with E-state index in [-0.39, 0.29) is 0 Å². The zero-order chi connectivity index (χ0) is 14.6. The van der Waals surface area contributed by atoms with E-state index in [0.29, 0.717) is 6.04 Å². The highest BCUT2D eigenvalue weighted by Crippen LogP contribution is 2.11. The van der Waals surface area contributed by atoms with Crippen molar-refractivity contribution in [2.24, 2.45) is 0 Å². The quantitative estimate of drug-likeness (QED) is 0.609. The maximum atomic E-state index is 4.42. The van der Waals surface area contributed by atoms with Crippen LogP contribution in [-0.4, -0.2) is 16.0 Å². The van der Waals surface area contributed by atoms with Crippen molar-refractivity contribution >= 4 is 0 Å². The fourth-order valence-corrected chi connectivity index (χ4v) is 2.39. The second-order valence-electron chi connectivity index (χ2n) is 5.72. The number of nitrogens with zero attached hydrogens (tertiary/aromatic N) is 2. The normalized spacial score (nSPS) is 11.2. The zero-order valence-electron chi connectivity index (χ0n) is 13.5. The number of rotatable bonds is 11. The van der Waals surface area contributed by atoms with Gasteiger partial charge in [0.1, 0.15) is 0 Å². The van der Waals surface area contributed by atoms with Crippen LogP contribution in [0.15, 0.2) is 12.4 Å². The maximum Gasteiger partial charge on any atom is 0.0724 e. The first kappa shape index (κ1) is 17.1. The molecular weight excluding hydrogens is 246 g/mol. The van der Waals surface area contributed by atoms with Gasteiger partial charge >= 0.3 is 0 Å². The van der Waals surface area contributed by atoms with E-state index in [0.717, 1.165) is 17.9 Å². The molecule has 1 heterocycles. The summed E-state index contributed by atoms with van der Waals surface area (Å²) in [5, 5.41) is 3.67. The van der Waals surface area contributed by atoms with Gasteiger partial charge in [-0.3, -0.25) is 9.97 Å². The first-order chi connectivity index (χ1) is 9.76. The summed E-state index contributed by atoms with van der Waals surface area (Å²) in [5.41, 5.74) is 2.03. The van der Waals surface area contributed by atoms with Crippen LogP contribution in [0.5, 0.6) is 0 Å². The second-order valence-corrected chi connectivity index (χ2v) is 5.72. The molecule has 0 fully saturated rings. The summed E-state index contributed by atoms with van der Waals surface area (Å²) in [6, 6.07) is 0.635. The molecule has 0 aliphatic carbocycles.